The molecule has 0 saturated heterocycles. The third kappa shape index (κ3) is 13.9. The van der Waals surface area contributed by atoms with Crippen molar-refractivity contribution in [2.75, 3.05) is 0 Å². The van der Waals surface area contributed by atoms with Crippen LogP contribution in [-0.2, 0) is 0 Å². The van der Waals surface area contributed by atoms with Gasteiger partial charge < -0.3 is 8.83 Å². The summed E-state index contributed by atoms with van der Waals surface area (Å²) in [6.45, 7) is 0. The van der Waals surface area contributed by atoms with Crippen molar-refractivity contribution >= 4 is 66.1 Å². The molecule has 0 fully saturated rings. The van der Waals surface area contributed by atoms with E-state index in [9.17, 15) is 0 Å². The Balaban J connectivity index is 0.000000147. The summed E-state index contributed by atoms with van der Waals surface area (Å²) in [5.41, 5.74) is 29.6. The molecular formula is C106H66N10O2. The minimum Gasteiger partial charge on any atom is -0.454 e. The van der Waals surface area contributed by atoms with Gasteiger partial charge in [-0.15, -0.1) is 0 Å². The fourth-order valence-electron chi connectivity index (χ4n) is 15.4. The van der Waals surface area contributed by atoms with Crippen LogP contribution in [0, 0.1) is 0 Å². The van der Waals surface area contributed by atoms with Gasteiger partial charge in [0.05, 0.1) is 28.4 Å². The Morgan fingerprint density at radius 1 is 0.169 bits per heavy atom. The lowest BCUT2D eigenvalue weighted by molar-refractivity contribution is 0.655. The molecule has 12 nitrogen and oxygen atoms in total. The number of hydrogen-bond acceptors (Lipinski definition) is 12. The van der Waals surface area contributed by atoms with Gasteiger partial charge in [0.2, 0.25) is 5.71 Å². The summed E-state index contributed by atoms with van der Waals surface area (Å²) in [5, 5.41) is 3.95. The molecule has 118 heavy (non-hydrogen) atoms. The Hall–Kier alpha value is -16.2. The summed E-state index contributed by atoms with van der Waals surface area (Å²) in [4.78, 5) is 48.7. The summed E-state index contributed by atoms with van der Waals surface area (Å²) in [7, 11) is 0. The Kier molecular flexibility index (Phi) is 18.0. The van der Waals surface area contributed by atoms with Crippen LogP contribution in [0.2, 0.25) is 0 Å². The average molecular weight is 1510 g/mol. The van der Waals surface area contributed by atoms with Gasteiger partial charge in [0, 0.05) is 66.7 Å². The molecule has 0 unspecified atom stereocenters. The molecule has 7 aromatic heterocycles. The first-order chi connectivity index (χ1) is 58.4. The lowest BCUT2D eigenvalue weighted by atomic mass is 9.96. The second-order valence-corrected chi connectivity index (χ2v) is 29.1. The molecule has 7 heterocycles. The first-order valence-electron chi connectivity index (χ1n) is 39.1. The van der Waals surface area contributed by atoms with Crippen LogP contribution in [0.15, 0.2) is 409 Å². The zero-order valence-electron chi connectivity index (χ0n) is 63.4. The van der Waals surface area contributed by atoms with E-state index in [-0.39, 0.29) is 0 Å². The van der Waals surface area contributed by atoms with E-state index in [1.165, 1.54) is 11.1 Å². The third-order valence-corrected chi connectivity index (χ3v) is 21.7. The second kappa shape index (κ2) is 30.4. The van der Waals surface area contributed by atoms with Gasteiger partial charge >= 0.3 is 0 Å². The fourth-order valence-corrected chi connectivity index (χ4v) is 15.4. The van der Waals surface area contributed by atoms with Crippen LogP contribution in [-0.4, -0.2) is 49.8 Å². The number of nitrogens with zero attached hydrogens (tertiary/aromatic N) is 10. The molecular weight excluding hydrogens is 1450 g/mol. The lowest BCUT2D eigenvalue weighted by Gasteiger charge is -2.10. The lowest BCUT2D eigenvalue weighted by Crippen LogP contribution is -2.00. The minimum atomic E-state index is 0.553. The van der Waals surface area contributed by atoms with Crippen LogP contribution in [0.25, 0.3) is 224 Å². The first kappa shape index (κ1) is 69.7. The zero-order chi connectivity index (χ0) is 78.2. The molecule has 0 saturated carbocycles. The number of rotatable bonds is 14. The molecule has 0 amide bonds. The molecule has 22 rings (SSSR count). The predicted molar refractivity (Wildman–Crippen MR) is 477 cm³/mol. The van der Waals surface area contributed by atoms with Crippen LogP contribution in [0.3, 0.4) is 0 Å². The molecule has 0 bridgehead atoms. The number of aromatic nitrogens is 10. The van der Waals surface area contributed by atoms with Crippen LogP contribution in [0.5, 0.6) is 0 Å². The molecule has 0 N–H and O–H groups in total. The highest BCUT2D eigenvalue weighted by molar-refractivity contribution is 6.14. The fraction of sp³-hybridized carbons (Fsp3) is 0. The van der Waals surface area contributed by atoms with Crippen LogP contribution >= 0.6 is 0 Å². The van der Waals surface area contributed by atoms with E-state index in [0.29, 0.717) is 40.7 Å². The minimum absolute atomic E-state index is 0.553. The molecule has 0 aliphatic heterocycles. The highest BCUT2D eigenvalue weighted by Gasteiger charge is 2.20. The molecule has 0 spiro atoms. The van der Waals surface area contributed by atoms with E-state index in [1.54, 1.807) is 0 Å². The Morgan fingerprint density at radius 3 is 0.924 bits per heavy atom. The maximum atomic E-state index is 6.27. The molecule has 0 radical (unpaired) electrons. The van der Waals surface area contributed by atoms with E-state index in [2.05, 4.69) is 272 Å². The van der Waals surface area contributed by atoms with Crippen molar-refractivity contribution in [1.82, 2.24) is 49.8 Å². The summed E-state index contributed by atoms with van der Waals surface area (Å²) >= 11 is 0. The highest BCUT2D eigenvalue weighted by atomic mass is 16.3. The van der Waals surface area contributed by atoms with Crippen molar-refractivity contribution in [1.29, 1.82) is 0 Å². The maximum Gasteiger partial charge on any atom is 0.246 e. The van der Waals surface area contributed by atoms with Gasteiger partial charge in [-0.3, -0.25) is 9.97 Å². The zero-order valence-corrected chi connectivity index (χ0v) is 63.4. The molecule has 22 aromatic rings. The van der Waals surface area contributed by atoms with Gasteiger partial charge in [0.1, 0.15) is 16.7 Å². The largest absolute Gasteiger partial charge is 0.454 e. The van der Waals surface area contributed by atoms with E-state index < -0.39 is 0 Å². The van der Waals surface area contributed by atoms with Crippen molar-refractivity contribution in [2.45, 2.75) is 0 Å². The van der Waals surface area contributed by atoms with Crippen LogP contribution in [0.4, 0.5) is 0 Å². The number of pyridine rings is 2. The SMILES string of the molecule is c1ccc(-c2ccc(-c3nc(-c4ccccc4)nc(-c4ccc(-c5ccc(-c6cccc(-c7cc8c(cn7)oc7c9ccccc9ncc87)c6)cc5)cc4)n3)cc2)cc1.c1ccc(-c2ccc(-c3nc(-c4ccccc4)nc(-c4ccc(-c5ccc(-c6cccc(-c7ccc8c(c7)oc7nc9ccccc9nc78)c6)cc5)cc4)n3)cc2)cc1. The molecule has 12 heteroatoms. The van der Waals surface area contributed by atoms with Gasteiger partial charge in [0.25, 0.3) is 0 Å². The molecule has 0 aliphatic rings. The topological polar surface area (TPSA) is 155 Å². The number of hydrogen-bond donors (Lipinski definition) is 0. The standard InChI is InChI=1S/2C53H33N5O/c1-3-10-34(11-4-1)35-22-26-40(27-23-35)52-56-51(39-12-5-2-6-13-39)57-53(58-52)41-28-24-37(25-29-41)36-18-20-38(21-19-36)42-14-9-15-43(30-42)48-31-45-46-32-54-47-17-8-7-16-44(47)50(46)59-49(45)33-55-48;1-3-10-34(11-4-1)35-22-26-40(27-23-35)51-56-50(39-12-5-2-6-13-39)57-52(58-51)41-28-24-37(25-29-41)36-18-20-38(21-19-36)42-14-9-15-43(32-42)44-30-31-45-48(33-44)59-53-49(45)54-46-16-7-8-17-47(46)55-53/h2*1-33H. The quantitative estimate of drug-likeness (QED) is 0.102. The molecule has 0 atom stereocenters. The van der Waals surface area contributed by atoms with Crippen LogP contribution in [0.1, 0.15) is 0 Å². The van der Waals surface area contributed by atoms with Gasteiger partial charge in [-0.05, 0) is 132 Å². The van der Waals surface area contributed by atoms with E-state index in [1.807, 2.05) is 134 Å². The van der Waals surface area contributed by atoms with Crippen LogP contribution < -0.4 is 0 Å². The monoisotopic (exact) mass is 1510 g/mol. The Labute approximate surface area is 678 Å². The van der Waals surface area contributed by atoms with Crippen molar-refractivity contribution < 1.29 is 8.83 Å². The summed E-state index contributed by atoms with van der Waals surface area (Å²) in [5.74, 6) is 3.80. The number of para-hydroxylation sites is 3. The third-order valence-electron chi connectivity index (χ3n) is 21.7. The normalized spacial score (nSPS) is 11.4. The van der Waals surface area contributed by atoms with Gasteiger partial charge in [-0.2, -0.15) is 0 Å². The van der Waals surface area contributed by atoms with Gasteiger partial charge in [-0.25, -0.2) is 39.9 Å². The number of benzene rings is 15. The smallest absolute Gasteiger partial charge is 0.246 e. The Bertz CT molecular complexity index is 7470. The van der Waals surface area contributed by atoms with Crippen molar-refractivity contribution in [3.05, 3.63) is 401 Å². The van der Waals surface area contributed by atoms with Crippen molar-refractivity contribution in [3.63, 3.8) is 0 Å². The summed E-state index contributed by atoms with van der Waals surface area (Å²) in [6, 6.07) is 133. The van der Waals surface area contributed by atoms with Crippen molar-refractivity contribution in [3.8, 4) is 157 Å². The summed E-state index contributed by atoms with van der Waals surface area (Å²) in [6.07, 6.45) is 3.72. The molecule has 552 valence electrons. The number of fused-ring (bicyclic) bond motifs is 9. The predicted octanol–water partition coefficient (Wildman–Crippen LogP) is 26.8. The molecule has 15 aromatic carbocycles. The van der Waals surface area contributed by atoms with Gasteiger partial charge in [0.15, 0.2) is 40.5 Å². The molecule has 0 aliphatic carbocycles. The highest BCUT2D eigenvalue weighted by Crippen LogP contribution is 2.40. The second-order valence-electron chi connectivity index (χ2n) is 29.1. The van der Waals surface area contributed by atoms with E-state index in [4.69, 9.17) is 53.7 Å². The van der Waals surface area contributed by atoms with Crippen molar-refractivity contribution in [2.24, 2.45) is 0 Å². The number of furan rings is 2. The van der Waals surface area contributed by atoms with E-state index in [0.717, 1.165) is 172 Å². The maximum absolute atomic E-state index is 6.27. The van der Waals surface area contributed by atoms with E-state index >= 15 is 0 Å². The summed E-state index contributed by atoms with van der Waals surface area (Å²) < 4.78 is 12.5. The first-order valence-corrected chi connectivity index (χ1v) is 39.1. The van der Waals surface area contributed by atoms with Gasteiger partial charge in [-0.1, -0.05) is 334 Å². The Morgan fingerprint density at radius 2 is 0.483 bits per heavy atom. The average Bonchev–Trinajstić information content (AvgIpc) is 1.61.